The van der Waals surface area contributed by atoms with Crippen molar-refractivity contribution in [2.45, 2.75) is 13.3 Å². The van der Waals surface area contributed by atoms with E-state index < -0.39 is 17.8 Å². The fourth-order valence-electron chi connectivity index (χ4n) is 3.52. The zero-order chi connectivity index (χ0) is 23.7. The number of halogens is 3. The summed E-state index contributed by atoms with van der Waals surface area (Å²) in [6, 6.07) is 15.3. The molecule has 0 bridgehead atoms. The summed E-state index contributed by atoms with van der Waals surface area (Å²) in [5.74, 6) is -1.92. The third-order valence-electron chi connectivity index (χ3n) is 5.31. The Morgan fingerprint density at radius 3 is 2.42 bits per heavy atom. The summed E-state index contributed by atoms with van der Waals surface area (Å²) in [5, 5.41) is 2.92. The summed E-state index contributed by atoms with van der Waals surface area (Å²) in [5.41, 5.74) is 2.24. The molecule has 1 aliphatic heterocycles. The Balaban J connectivity index is 1.66. The number of hydrogen-bond acceptors (Lipinski definition) is 3. The Morgan fingerprint density at radius 1 is 0.939 bits per heavy atom. The van der Waals surface area contributed by atoms with Gasteiger partial charge in [0.2, 0.25) is 0 Å². The molecule has 8 heteroatoms. The number of nitrogens with one attached hydrogen (secondary N) is 1. The minimum Gasteiger partial charge on any atom is -0.273 e. The molecule has 4 amide bonds. The van der Waals surface area contributed by atoms with E-state index in [0.29, 0.717) is 32.3 Å². The molecule has 3 aromatic rings. The SMILES string of the molecule is Cc1c(Cl)cccc1N1C(=O)NC(=O)/C(=C\c2ccc(Cc3ccccc3F)c(Cl)c2)C1=O. The van der Waals surface area contributed by atoms with Crippen molar-refractivity contribution in [2.24, 2.45) is 0 Å². The maximum absolute atomic E-state index is 14.0. The molecule has 33 heavy (non-hydrogen) atoms. The van der Waals surface area contributed by atoms with Crippen LogP contribution in [-0.4, -0.2) is 17.8 Å². The average Bonchev–Trinajstić information content (AvgIpc) is 2.77. The fourth-order valence-corrected chi connectivity index (χ4v) is 3.95. The van der Waals surface area contributed by atoms with Gasteiger partial charge in [0, 0.05) is 16.5 Å². The summed E-state index contributed by atoms with van der Waals surface area (Å²) >= 11 is 12.5. The highest BCUT2D eigenvalue weighted by atomic mass is 35.5. The van der Waals surface area contributed by atoms with E-state index in [0.717, 1.165) is 4.90 Å². The molecule has 0 unspecified atom stereocenters. The number of barbiturate groups is 1. The van der Waals surface area contributed by atoms with Crippen LogP contribution in [-0.2, 0) is 16.0 Å². The number of nitrogens with zero attached hydrogens (tertiary/aromatic N) is 1. The lowest BCUT2D eigenvalue weighted by Crippen LogP contribution is -2.54. The van der Waals surface area contributed by atoms with E-state index in [1.807, 2.05) is 0 Å². The zero-order valence-corrected chi connectivity index (χ0v) is 18.9. The second-order valence-electron chi connectivity index (χ2n) is 7.46. The molecule has 0 aromatic heterocycles. The average molecular weight is 483 g/mol. The first-order chi connectivity index (χ1) is 15.8. The highest BCUT2D eigenvalue weighted by molar-refractivity contribution is 6.40. The number of imide groups is 2. The number of carbonyl (C=O) groups excluding carboxylic acids is 3. The first-order valence-corrected chi connectivity index (χ1v) is 10.7. The number of benzene rings is 3. The van der Waals surface area contributed by atoms with Crippen LogP contribution in [0.2, 0.25) is 10.0 Å². The monoisotopic (exact) mass is 482 g/mol. The van der Waals surface area contributed by atoms with Crippen LogP contribution < -0.4 is 10.2 Å². The smallest absolute Gasteiger partial charge is 0.273 e. The molecule has 1 N–H and O–H groups in total. The molecule has 0 atom stereocenters. The van der Waals surface area contributed by atoms with Crippen molar-refractivity contribution < 1.29 is 18.8 Å². The van der Waals surface area contributed by atoms with Gasteiger partial charge in [-0.25, -0.2) is 14.1 Å². The Labute approximate surface area is 199 Å². The maximum Gasteiger partial charge on any atom is 0.335 e. The molecule has 0 aliphatic carbocycles. The molecule has 0 saturated carbocycles. The van der Waals surface area contributed by atoms with Crippen molar-refractivity contribution in [1.82, 2.24) is 5.32 Å². The molecule has 1 aliphatic rings. The van der Waals surface area contributed by atoms with Crippen LogP contribution in [0.5, 0.6) is 0 Å². The number of rotatable bonds is 4. The lowest BCUT2D eigenvalue weighted by atomic mass is 10.0. The van der Waals surface area contributed by atoms with Gasteiger partial charge in [-0.2, -0.15) is 0 Å². The van der Waals surface area contributed by atoms with E-state index >= 15 is 0 Å². The summed E-state index contributed by atoms with van der Waals surface area (Å²) in [4.78, 5) is 38.8. The molecule has 1 saturated heterocycles. The summed E-state index contributed by atoms with van der Waals surface area (Å²) in [6.07, 6.45) is 1.65. The molecule has 5 nitrogen and oxygen atoms in total. The van der Waals surface area contributed by atoms with Crippen LogP contribution in [0.1, 0.15) is 22.3 Å². The Kier molecular flexibility index (Phi) is 6.31. The van der Waals surface area contributed by atoms with Crippen molar-refractivity contribution in [2.75, 3.05) is 4.90 Å². The van der Waals surface area contributed by atoms with Gasteiger partial charge in [0.15, 0.2) is 0 Å². The summed E-state index contributed by atoms with van der Waals surface area (Å²) < 4.78 is 14.0. The minimum atomic E-state index is -0.856. The van der Waals surface area contributed by atoms with Gasteiger partial charge in [-0.3, -0.25) is 14.9 Å². The normalized spacial score (nSPS) is 15.2. The molecule has 0 radical (unpaired) electrons. The largest absolute Gasteiger partial charge is 0.335 e. The van der Waals surface area contributed by atoms with Gasteiger partial charge in [-0.1, -0.05) is 59.6 Å². The third-order valence-corrected chi connectivity index (χ3v) is 6.07. The van der Waals surface area contributed by atoms with E-state index in [2.05, 4.69) is 5.32 Å². The highest BCUT2D eigenvalue weighted by Crippen LogP contribution is 2.30. The minimum absolute atomic E-state index is 0.230. The van der Waals surface area contributed by atoms with Gasteiger partial charge in [0.05, 0.1) is 5.69 Å². The standard InChI is InChI=1S/C25H17Cl2FN2O3/c1-14-19(26)6-4-8-22(14)30-24(32)18(23(31)29-25(30)33)11-15-9-10-16(20(27)12-15)13-17-5-2-3-7-21(17)28/h2-12H,13H2,1H3,(H,29,31,33)/b18-11+. The van der Waals surface area contributed by atoms with E-state index in [9.17, 15) is 18.8 Å². The summed E-state index contributed by atoms with van der Waals surface area (Å²) in [7, 11) is 0. The molecule has 1 heterocycles. The number of anilines is 1. The van der Waals surface area contributed by atoms with E-state index in [1.165, 1.54) is 12.1 Å². The Morgan fingerprint density at radius 2 is 1.70 bits per heavy atom. The van der Waals surface area contributed by atoms with Crippen molar-refractivity contribution >= 4 is 52.8 Å². The summed E-state index contributed by atoms with van der Waals surface area (Å²) in [6.45, 7) is 1.67. The van der Waals surface area contributed by atoms with Gasteiger partial charge in [0.25, 0.3) is 11.8 Å². The molecular weight excluding hydrogens is 466 g/mol. The van der Waals surface area contributed by atoms with Crippen molar-refractivity contribution in [3.05, 3.63) is 104 Å². The van der Waals surface area contributed by atoms with Gasteiger partial charge < -0.3 is 0 Å². The van der Waals surface area contributed by atoms with Crippen LogP contribution in [0, 0.1) is 12.7 Å². The molecule has 166 valence electrons. The maximum atomic E-state index is 14.0. The van der Waals surface area contributed by atoms with Crippen molar-refractivity contribution in [1.29, 1.82) is 0 Å². The van der Waals surface area contributed by atoms with Crippen LogP contribution in [0.25, 0.3) is 6.08 Å². The number of carbonyl (C=O) groups is 3. The van der Waals surface area contributed by atoms with Crippen molar-refractivity contribution in [3.63, 3.8) is 0 Å². The zero-order valence-electron chi connectivity index (χ0n) is 17.4. The van der Waals surface area contributed by atoms with Gasteiger partial charge in [0.1, 0.15) is 11.4 Å². The second kappa shape index (κ2) is 9.17. The second-order valence-corrected chi connectivity index (χ2v) is 8.28. The van der Waals surface area contributed by atoms with E-state index in [4.69, 9.17) is 23.2 Å². The number of hydrogen-bond donors (Lipinski definition) is 1. The quantitative estimate of drug-likeness (QED) is 0.383. The van der Waals surface area contributed by atoms with Crippen LogP contribution in [0.3, 0.4) is 0 Å². The third kappa shape index (κ3) is 4.53. The topological polar surface area (TPSA) is 66.5 Å². The predicted molar refractivity (Wildman–Crippen MR) is 126 cm³/mol. The Bertz CT molecular complexity index is 1340. The van der Waals surface area contributed by atoms with Crippen molar-refractivity contribution in [3.8, 4) is 0 Å². The van der Waals surface area contributed by atoms with Crippen LogP contribution >= 0.6 is 23.2 Å². The first-order valence-electron chi connectivity index (χ1n) is 9.94. The van der Waals surface area contributed by atoms with E-state index in [1.54, 1.807) is 61.5 Å². The molecule has 4 rings (SSSR count). The first kappa shape index (κ1) is 22.7. The lowest BCUT2D eigenvalue weighted by molar-refractivity contribution is -0.122. The van der Waals surface area contributed by atoms with Gasteiger partial charge in [-0.05, 0) is 59.5 Å². The number of amides is 4. The van der Waals surface area contributed by atoms with E-state index in [-0.39, 0.29) is 23.5 Å². The predicted octanol–water partition coefficient (Wildman–Crippen LogP) is 5.70. The van der Waals surface area contributed by atoms with Crippen LogP contribution in [0.4, 0.5) is 14.9 Å². The highest BCUT2D eigenvalue weighted by Gasteiger charge is 2.37. The number of urea groups is 1. The lowest BCUT2D eigenvalue weighted by Gasteiger charge is -2.27. The van der Waals surface area contributed by atoms with Gasteiger partial charge >= 0.3 is 6.03 Å². The molecule has 0 spiro atoms. The Hall–Kier alpha value is -3.48. The molecule has 3 aromatic carbocycles. The fraction of sp³-hybridized carbons (Fsp3) is 0.0800. The molecular formula is C25H17Cl2FN2O3. The van der Waals surface area contributed by atoms with Gasteiger partial charge in [-0.15, -0.1) is 0 Å². The molecule has 1 fully saturated rings. The van der Waals surface area contributed by atoms with Crippen LogP contribution in [0.15, 0.2) is 66.2 Å².